The molecule has 2 aliphatic heterocycles. The average Bonchev–Trinajstić information content (AvgIpc) is 3.23. The van der Waals surface area contributed by atoms with Gasteiger partial charge in [-0.3, -0.25) is 4.79 Å². The number of hydrogen-bond donors (Lipinski definition) is 9. The first-order valence-electron chi connectivity index (χ1n) is 21.3. The summed E-state index contributed by atoms with van der Waals surface area (Å²) in [5.74, 6) is -0.384. The topological polar surface area (TPSA) is 228 Å². The van der Waals surface area contributed by atoms with Crippen LogP contribution in [0, 0.1) is 0 Å². The van der Waals surface area contributed by atoms with Gasteiger partial charge in [0.25, 0.3) is 0 Å². The van der Waals surface area contributed by atoms with E-state index in [1.807, 2.05) is 18.2 Å². The normalized spacial score (nSPS) is 29.4. The minimum absolute atomic E-state index is 0.0360. The van der Waals surface area contributed by atoms with E-state index in [-0.39, 0.29) is 18.9 Å². The standard InChI is InChI=1S/C45H73NO13/c1-3-5-7-9-11-13-15-16-17-18-19-21-23-25-27-29-37(50)46-33(34(49)28-26-24-22-20-14-12-10-8-6-4-2)32-56-44-42(55)40(53)43(36(31-48)58-44)59-45-41(54)39(52)38(51)35(30-47)57-45/h5,7,11,13-14,16-17,19-21,25-28,33-36,38-45,47-49,51-55H,3-4,6,8-10,12,15,18,22-24,29-32H2,1-2H3,(H,46,50)/b7-5-,13-11-,17-16-,20-14+,21-19-,27-25-,28-26+. The van der Waals surface area contributed by atoms with Crippen LogP contribution in [0.3, 0.4) is 0 Å². The highest BCUT2D eigenvalue weighted by atomic mass is 16.7. The zero-order valence-electron chi connectivity index (χ0n) is 34.9. The molecule has 0 spiro atoms. The lowest BCUT2D eigenvalue weighted by Gasteiger charge is -2.46. The van der Waals surface area contributed by atoms with Gasteiger partial charge in [-0.15, -0.1) is 0 Å². The van der Waals surface area contributed by atoms with Gasteiger partial charge in [0.05, 0.1) is 32.0 Å². The van der Waals surface area contributed by atoms with Gasteiger partial charge >= 0.3 is 0 Å². The molecular formula is C45H73NO13. The van der Waals surface area contributed by atoms with Crippen molar-refractivity contribution in [2.45, 2.75) is 171 Å². The molecule has 0 saturated carbocycles. The van der Waals surface area contributed by atoms with Gasteiger partial charge in [0.1, 0.15) is 48.8 Å². The third kappa shape index (κ3) is 20.5. The van der Waals surface area contributed by atoms with Gasteiger partial charge in [-0.1, -0.05) is 118 Å². The second kappa shape index (κ2) is 32.0. The van der Waals surface area contributed by atoms with Crippen molar-refractivity contribution in [1.29, 1.82) is 0 Å². The van der Waals surface area contributed by atoms with Gasteiger partial charge < -0.3 is 65.1 Å². The third-order valence-electron chi connectivity index (χ3n) is 9.84. The number of carbonyl (C=O) groups excluding carboxylic acids is 1. The molecule has 0 aromatic heterocycles. The summed E-state index contributed by atoms with van der Waals surface area (Å²) < 4.78 is 22.5. The molecule has 2 saturated heterocycles. The number of rotatable bonds is 29. The monoisotopic (exact) mass is 836 g/mol. The maximum atomic E-state index is 13.0. The largest absolute Gasteiger partial charge is 0.394 e. The van der Waals surface area contributed by atoms with Crippen molar-refractivity contribution in [3.05, 3.63) is 85.1 Å². The lowest BCUT2D eigenvalue weighted by Crippen LogP contribution is -2.65. The summed E-state index contributed by atoms with van der Waals surface area (Å²) in [6, 6.07) is -0.987. The maximum Gasteiger partial charge on any atom is 0.224 e. The quantitative estimate of drug-likeness (QED) is 0.0389. The molecular weight excluding hydrogens is 762 g/mol. The number of amides is 1. The third-order valence-corrected chi connectivity index (χ3v) is 9.84. The second-order valence-corrected chi connectivity index (χ2v) is 14.7. The van der Waals surface area contributed by atoms with Crippen LogP contribution in [-0.2, 0) is 23.7 Å². The lowest BCUT2D eigenvalue weighted by atomic mass is 9.97. The molecule has 0 aliphatic carbocycles. The SMILES string of the molecule is CC/C=C\C/C=C\C/C=C\C/C=C\C/C=C\CC(=O)NC(COC1OC(CO)C(OC2OC(CO)C(O)C(O)C2O)C(O)C1O)C(O)/C=C/CC/C=C/CCCCCC. The summed E-state index contributed by atoms with van der Waals surface area (Å²) in [5.41, 5.74) is 0. The molecule has 12 unspecified atom stereocenters. The molecule has 9 N–H and O–H groups in total. The van der Waals surface area contributed by atoms with E-state index < -0.39 is 86.8 Å². The second-order valence-electron chi connectivity index (χ2n) is 14.7. The Hall–Kier alpha value is -2.83. The van der Waals surface area contributed by atoms with Crippen molar-refractivity contribution in [2.75, 3.05) is 19.8 Å². The first-order valence-corrected chi connectivity index (χ1v) is 21.3. The molecule has 14 heteroatoms. The smallest absolute Gasteiger partial charge is 0.224 e. The molecule has 14 nitrogen and oxygen atoms in total. The fourth-order valence-corrected chi connectivity index (χ4v) is 6.31. The van der Waals surface area contributed by atoms with Crippen LogP contribution in [-0.4, -0.2) is 140 Å². The number of nitrogens with one attached hydrogen (secondary N) is 1. The molecule has 2 fully saturated rings. The fraction of sp³-hybridized carbons (Fsp3) is 0.667. The number of allylic oxidation sites excluding steroid dienone is 12. The van der Waals surface area contributed by atoms with E-state index in [4.69, 9.17) is 18.9 Å². The highest BCUT2D eigenvalue weighted by molar-refractivity contribution is 5.77. The molecule has 0 bridgehead atoms. The van der Waals surface area contributed by atoms with Crippen LogP contribution < -0.4 is 5.32 Å². The predicted octanol–water partition coefficient (Wildman–Crippen LogP) is 3.48. The number of ether oxygens (including phenoxy) is 4. The Balaban J connectivity index is 1.98. The van der Waals surface area contributed by atoms with E-state index in [9.17, 15) is 45.6 Å². The van der Waals surface area contributed by atoms with Crippen molar-refractivity contribution >= 4 is 5.91 Å². The zero-order chi connectivity index (χ0) is 43.3. The van der Waals surface area contributed by atoms with Crippen LogP contribution in [0.2, 0.25) is 0 Å². The van der Waals surface area contributed by atoms with E-state index in [0.29, 0.717) is 12.8 Å². The summed E-state index contributed by atoms with van der Waals surface area (Å²) in [7, 11) is 0. The van der Waals surface area contributed by atoms with Crippen LogP contribution in [0.25, 0.3) is 0 Å². The molecule has 0 radical (unpaired) electrons. The van der Waals surface area contributed by atoms with E-state index in [1.54, 1.807) is 12.2 Å². The van der Waals surface area contributed by atoms with Gasteiger partial charge in [-0.05, 0) is 57.8 Å². The zero-order valence-corrected chi connectivity index (χ0v) is 34.9. The van der Waals surface area contributed by atoms with E-state index >= 15 is 0 Å². The molecule has 2 aliphatic rings. The maximum absolute atomic E-state index is 13.0. The first kappa shape index (κ1) is 52.3. The van der Waals surface area contributed by atoms with Crippen LogP contribution in [0.4, 0.5) is 0 Å². The molecule has 1 amide bonds. The van der Waals surface area contributed by atoms with Crippen LogP contribution >= 0.6 is 0 Å². The van der Waals surface area contributed by atoms with E-state index in [0.717, 1.165) is 44.9 Å². The summed E-state index contributed by atoms with van der Waals surface area (Å²) in [6.07, 6.45) is 22.5. The Bertz CT molecular complexity index is 1310. The Morgan fingerprint density at radius 3 is 1.80 bits per heavy atom. The van der Waals surface area contributed by atoms with Crippen LogP contribution in [0.1, 0.15) is 97.3 Å². The van der Waals surface area contributed by atoms with Crippen LogP contribution in [0.5, 0.6) is 0 Å². The van der Waals surface area contributed by atoms with Crippen molar-refractivity contribution in [3.8, 4) is 0 Å². The predicted molar refractivity (Wildman–Crippen MR) is 226 cm³/mol. The van der Waals surface area contributed by atoms with Gasteiger partial charge in [0, 0.05) is 6.42 Å². The molecule has 12 atom stereocenters. The Labute approximate surface area is 350 Å². The number of aliphatic hydroxyl groups excluding tert-OH is 8. The molecule has 0 aromatic carbocycles. The first-order chi connectivity index (χ1) is 28.6. The minimum Gasteiger partial charge on any atom is -0.394 e. The summed E-state index contributed by atoms with van der Waals surface area (Å²) in [5, 5.41) is 86.1. The van der Waals surface area contributed by atoms with Gasteiger partial charge in [0.2, 0.25) is 5.91 Å². The van der Waals surface area contributed by atoms with Crippen molar-refractivity contribution in [1.82, 2.24) is 5.32 Å². The number of unbranched alkanes of at least 4 members (excludes halogenated alkanes) is 5. The van der Waals surface area contributed by atoms with Crippen LogP contribution in [0.15, 0.2) is 85.1 Å². The van der Waals surface area contributed by atoms with E-state index in [2.05, 4.69) is 73.8 Å². The van der Waals surface area contributed by atoms with Crippen molar-refractivity contribution in [3.63, 3.8) is 0 Å². The van der Waals surface area contributed by atoms with E-state index in [1.165, 1.54) is 19.3 Å². The van der Waals surface area contributed by atoms with Crippen molar-refractivity contribution < 1.29 is 64.6 Å². The molecule has 336 valence electrons. The number of carbonyl (C=O) groups is 1. The number of hydrogen-bond acceptors (Lipinski definition) is 13. The summed E-state index contributed by atoms with van der Waals surface area (Å²) in [4.78, 5) is 13.0. The summed E-state index contributed by atoms with van der Waals surface area (Å²) in [6.45, 7) is 2.49. The Kier molecular flexibility index (Phi) is 28.3. The Morgan fingerprint density at radius 1 is 0.627 bits per heavy atom. The van der Waals surface area contributed by atoms with Gasteiger partial charge in [0.15, 0.2) is 12.6 Å². The molecule has 2 rings (SSSR count). The fourth-order valence-electron chi connectivity index (χ4n) is 6.31. The highest BCUT2D eigenvalue weighted by Crippen LogP contribution is 2.29. The minimum atomic E-state index is -1.80. The highest BCUT2D eigenvalue weighted by Gasteiger charge is 2.50. The summed E-state index contributed by atoms with van der Waals surface area (Å²) >= 11 is 0. The van der Waals surface area contributed by atoms with Crippen molar-refractivity contribution in [2.24, 2.45) is 0 Å². The van der Waals surface area contributed by atoms with Gasteiger partial charge in [-0.2, -0.15) is 0 Å². The molecule has 59 heavy (non-hydrogen) atoms. The van der Waals surface area contributed by atoms with Gasteiger partial charge in [-0.25, -0.2) is 0 Å². The Morgan fingerprint density at radius 2 is 1.19 bits per heavy atom. The lowest BCUT2D eigenvalue weighted by molar-refractivity contribution is -0.359. The average molecular weight is 836 g/mol. The molecule has 0 aromatic rings. The number of aliphatic hydroxyl groups is 8. The molecule has 2 heterocycles.